The molecule has 7 heteroatoms. The van der Waals surface area contributed by atoms with Gasteiger partial charge in [0.25, 0.3) is 5.69 Å². The number of nitriles is 1. The molecular formula is C17H15N3O3S. The van der Waals surface area contributed by atoms with Gasteiger partial charge in [0, 0.05) is 17.3 Å². The van der Waals surface area contributed by atoms with Crippen molar-refractivity contribution in [2.75, 3.05) is 0 Å². The first-order chi connectivity index (χ1) is 11.3. The standard InChI is InChI=1S/C17H15N3O3S/c1-9-10(2)14(8-18)17(19-11(9)3)24-16-6-5-13(12(4)21)7-15(16)20(22)23/h5-7H,1-4H3. The van der Waals surface area contributed by atoms with Crippen LogP contribution in [0, 0.1) is 42.2 Å². The van der Waals surface area contributed by atoms with Crippen LogP contribution in [-0.4, -0.2) is 15.7 Å². The highest BCUT2D eigenvalue weighted by Gasteiger charge is 2.20. The van der Waals surface area contributed by atoms with Gasteiger partial charge in [-0.15, -0.1) is 0 Å². The van der Waals surface area contributed by atoms with Crippen LogP contribution in [0.15, 0.2) is 28.1 Å². The van der Waals surface area contributed by atoms with Crippen molar-refractivity contribution in [1.82, 2.24) is 4.98 Å². The number of nitro groups is 1. The Morgan fingerprint density at radius 3 is 2.50 bits per heavy atom. The summed E-state index contributed by atoms with van der Waals surface area (Å²) in [6.07, 6.45) is 0. The van der Waals surface area contributed by atoms with Gasteiger partial charge in [-0.25, -0.2) is 4.98 Å². The Balaban J connectivity index is 2.59. The van der Waals surface area contributed by atoms with Crippen LogP contribution >= 0.6 is 11.8 Å². The first-order valence-electron chi connectivity index (χ1n) is 7.11. The quantitative estimate of drug-likeness (QED) is 0.471. The van der Waals surface area contributed by atoms with Gasteiger partial charge in [-0.2, -0.15) is 5.26 Å². The van der Waals surface area contributed by atoms with Crippen molar-refractivity contribution in [3.63, 3.8) is 0 Å². The molecule has 122 valence electrons. The van der Waals surface area contributed by atoms with Crippen molar-refractivity contribution in [2.45, 2.75) is 37.6 Å². The lowest BCUT2D eigenvalue weighted by Crippen LogP contribution is -2.00. The van der Waals surface area contributed by atoms with E-state index in [9.17, 15) is 20.2 Å². The third-order valence-electron chi connectivity index (χ3n) is 3.84. The molecule has 2 rings (SSSR count). The summed E-state index contributed by atoms with van der Waals surface area (Å²) in [4.78, 5) is 27.0. The molecular weight excluding hydrogens is 326 g/mol. The molecule has 0 unspecified atom stereocenters. The highest BCUT2D eigenvalue weighted by atomic mass is 32.2. The number of hydrogen-bond acceptors (Lipinski definition) is 6. The molecule has 1 aromatic heterocycles. The monoisotopic (exact) mass is 341 g/mol. The van der Waals surface area contributed by atoms with Crippen molar-refractivity contribution in [1.29, 1.82) is 5.26 Å². The predicted octanol–water partition coefficient (Wildman–Crippen LogP) is 4.14. The minimum Gasteiger partial charge on any atom is -0.295 e. The average Bonchev–Trinajstić information content (AvgIpc) is 2.53. The van der Waals surface area contributed by atoms with Crippen molar-refractivity contribution in [3.8, 4) is 6.07 Å². The number of ketones is 1. The van der Waals surface area contributed by atoms with Gasteiger partial charge in [0.1, 0.15) is 11.1 Å². The van der Waals surface area contributed by atoms with Crippen molar-refractivity contribution >= 4 is 23.2 Å². The summed E-state index contributed by atoms with van der Waals surface area (Å²) < 4.78 is 0. The van der Waals surface area contributed by atoms with Crippen LogP contribution in [0.3, 0.4) is 0 Å². The molecule has 1 aromatic carbocycles. The number of carbonyl (C=O) groups is 1. The number of hydrogen-bond donors (Lipinski definition) is 0. The average molecular weight is 341 g/mol. The number of nitrogens with zero attached hydrogens (tertiary/aromatic N) is 3. The number of pyridine rings is 1. The molecule has 0 radical (unpaired) electrons. The molecule has 0 aliphatic heterocycles. The van der Waals surface area contributed by atoms with Gasteiger partial charge in [0.05, 0.1) is 15.4 Å². The van der Waals surface area contributed by atoms with Gasteiger partial charge in [-0.3, -0.25) is 14.9 Å². The smallest absolute Gasteiger partial charge is 0.284 e. The van der Waals surface area contributed by atoms with Gasteiger partial charge < -0.3 is 0 Å². The van der Waals surface area contributed by atoms with Crippen molar-refractivity contribution < 1.29 is 9.72 Å². The second-order valence-corrected chi connectivity index (χ2v) is 6.37. The molecule has 1 heterocycles. The lowest BCUT2D eigenvalue weighted by Gasteiger charge is -2.11. The van der Waals surface area contributed by atoms with E-state index in [-0.39, 0.29) is 17.0 Å². The summed E-state index contributed by atoms with van der Waals surface area (Å²) in [5, 5.41) is 21.2. The van der Waals surface area contributed by atoms with E-state index in [4.69, 9.17) is 0 Å². The fourth-order valence-electron chi connectivity index (χ4n) is 2.19. The lowest BCUT2D eigenvalue weighted by molar-refractivity contribution is -0.387. The first-order valence-corrected chi connectivity index (χ1v) is 7.93. The third kappa shape index (κ3) is 3.29. The van der Waals surface area contributed by atoms with E-state index in [2.05, 4.69) is 11.1 Å². The number of rotatable bonds is 4. The number of Topliss-reactive ketones (excluding diaryl/α,β-unsaturated/α-hetero) is 1. The number of aromatic nitrogens is 1. The molecule has 24 heavy (non-hydrogen) atoms. The Kier molecular flexibility index (Phi) is 5.00. The number of aryl methyl sites for hydroxylation is 1. The van der Waals surface area contributed by atoms with Gasteiger partial charge in [-0.05, 0) is 51.0 Å². The fraction of sp³-hybridized carbons (Fsp3) is 0.235. The SMILES string of the molecule is CC(=O)c1ccc(Sc2nc(C)c(C)c(C)c2C#N)c([N+](=O)[O-])c1. The van der Waals surface area contributed by atoms with Gasteiger partial charge >= 0.3 is 0 Å². The molecule has 0 bridgehead atoms. The molecule has 0 N–H and O–H groups in total. The van der Waals surface area contributed by atoms with Crippen LogP contribution < -0.4 is 0 Å². The maximum absolute atomic E-state index is 11.4. The zero-order valence-electron chi connectivity index (χ0n) is 13.7. The summed E-state index contributed by atoms with van der Waals surface area (Å²) in [5.74, 6) is -0.243. The van der Waals surface area contributed by atoms with Crippen LogP contribution in [0.5, 0.6) is 0 Å². The van der Waals surface area contributed by atoms with E-state index >= 15 is 0 Å². The molecule has 0 fully saturated rings. The second kappa shape index (κ2) is 6.81. The molecule has 2 aromatic rings. The number of benzene rings is 1. The fourth-order valence-corrected chi connectivity index (χ4v) is 3.25. The maximum Gasteiger partial charge on any atom is 0.284 e. The van der Waals surface area contributed by atoms with Crippen LogP contribution in [0.2, 0.25) is 0 Å². The Labute approximate surface area is 143 Å². The lowest BCUT2D eigenvalue weighted by atomic mass is 10.1. The molecule has 0 aliphatic rings. The summed E-state index contributed by atoms with van der Waals surface area (Å²) in [6.45, 7) is 6.91. The Hall–Kier alpha value is -2.72. The van der Waals surface area contributed by atoms with Gasteiger partial charge in [-0.1, -0.05) is 11.8 Å². The van der Waals surface area contributed by atoms with Crippen molar-refractivity contribution in [2.24, 2.45) is 0 Å². The van der Waals surface area contributed by atoms with Crippen LogP contribution in [0.4, 0.5) is 5.69 Å². The predicted molar refractivity (Wildman–Crippen MR) is 90.4 cm³/mol. The molecule has 0 atom stereocenters. The number of carbonyl (C=O) groups excluding carboxylic acids is 1. The highest BCUT2D eigenvalue weighted by Crippen LogP contribution is 2.37. The molecule has 6 nitrogen and oxygen atoms in total. The van der Waals surface area contributed by atoms with E-state index in [0.29, 0.717) is 15.5 Å². The van der Waals surface area contributed by atoms with E-state index in [0.717, 1.165) is 28.6 Å². The minimum absolute atomic E-state index is 0.172. The molecule has 0 aliphatic carbocycles. The summed E-state index contributed by atoms with van der Waals surface area (Å²) in [5.41, 5.74) is 3.03. The van der Waals surface area contributed by atoms with E-state index in [1.807, 2.05) is 20.8 Å². The normalized spacial score (nSPS) is 10.3. The minimum atomic E-state index is -0.533. The summed E-state index contributed by atoms with van der Waals surface area (Å²) in [6, 6.07) is 6.44. The van der Waals surface area contributed by atoms with Gasteiger partial charge in [0.2, 0.25) is 0 Å². The van der Waals surface area contributed by atoms with Crippen LogP contribution in [0.25, 0.3) is 0 Å². The van der Waals surface area contributed by atoms with Gasteiger partial charge in [0.15, 0.2) is 5.78 Å². The Morgan fingerprint density at radius 1 is 1.29 bits per heavy atom. The summed E-state index contributed by atoms with van der Waals surface area (Å²) >= 11 is 1.06. The summed E-state index contributed by atoms with van der Waals surface area (Å²) in [7, 11) is 0. The zero-order chi connectivity index (χ0) is 18.0. The molecule has 0 amide bonds. The molecule has 0 saturated heterocycles. The first kappa shape index (κ1) is 17.6. The molecule has 0 saturated carbocycles. The van der Waals surface area contributed by atoms with Crippen LogP contribution in [0.1, 0.15) is 39.7 Å². The zero-order valence-corrected chi connectivity index (χ0v) is 14.5. The molecule has 0 spiro atoms. The Morgan fingerprint density at radius 2 is 1.96 bits per heavy atom. The highest BCUT2D eigenvalue weighted by molar-refractivity contribution is 7.99. The van der Waals surface area contributed by atoms with Crippen molar-refractivity contribution in [3.05, 3.63) is 56.3 Å². The van der Waals surface area contributed by atoms with E-state index in [1.54, 1.807) is 0 Å². The Bertz CT molecular complexity index is 901. The number of nitro benzene ring substituents is 1. The van der Waals surface area contributed by atoms with E-state index < -0.39 is 4.92 Å². The third-order valence-corrected chi connectivity index (χ3v) is 4.90. The van der Waals surface area contributed by atoms with E-state index in [1.165, 1.54) is 25.1 Å². The maximum atomic E-state index is 11.4. The topological polar surface area (TPSA) is 96.9 Å². The second-order valence-electron chi connectivity index (χ2n) is 5.34. The van der Waals surface area contributed by atoms with Crippen LogP contribution in [-0.2, 0) is 0 Å². The largest absolute Gasteiger partial charge is 0.295 e.